The second-order valence-corrected chi connectivity index (χ2v) is 6.35. The highest BCUT2D eigenvalue weighted by atomic mass is 32.1. The highest BCUT2D eigenvalue weighted by Crippen LogP contribution is 2.38. The van der Waals surface area contributed by atoms with Crippen molar-refractivity contribution in [1.82, 2.24) is 9.88 Å². The van der Waals surface area contributed by atoms with E-state index in [4.69, 9.17) is 0 Å². The summed E-state index contributed by atoms with van der Waals surface area (Å²) in [6.07, 6.45) is 5.78. The normalized spacial score (nSPS) is 29.8. The van der Waals surface area contributed by atoms with Crippen molar-refractivity contribution in [2.24, 2.45) is 5.92 Å². The summed E-state index contributed by atoms with van der Waals surface area (Å²) in [5, 5.41) is 11.1. The number of aliphatic carboxylic acids is 1. The van der Waals surface area contributed by atoms with Crippen LogP contribution in [-0.2, 0) is 4.79 Å². The molecule has 1 amide bonds. The molecule has 1 aromatic rings. The third kappa shape index (κ3) is 2.32. The number of thiazole rings is 1. The molecule has 108 valence electrons. The van der Waals surface area contributed by atoms with E-state index in [0.29, 0.717) is 18.0 Å². The summed E-state index contributed by atoms with van der Waals surface area (Å²) in [6, 6.07) is -0.614. The SMILES string of the molecule is O=C(O)C1CCC2CCCCC2N1C(=O)c1cscn1. The number of hydrogen-bond donors (Lipinski definition) is 1. The van der Waals surface area contributed by atoms with Crippen LogP contribution in [0.3, 0.4) is 0 Å². The number of carbonyl (C=O) groups is 2. The standard InChI is InChI=1S/C14H18N2O3S/c17-13(10-7-20-8-15-10)16-11-4-2-1-3-9(11)5-6-12(16)14(18)19/h7-9,11-12H,1-6H2,(H,18,19). The van der Waals surface area contributed by atoms with Crippen LogP contribution in [0.2, 0.25) is 0 Å². The van der Waals surface area contributed by atoms with Gasteiger partial charge < -0.3 is 10.0 Å². The summed E-state index contributed by atoms with van der Waals surface area (Å²) in [5.74, 6) is -0.644. The van der Waals surface area contributed by atoms with Crippen LogP contribution in [0.15, 0.2) is 10.9 Å². The van der Waals surface area contributed by atoms with Gasteiger partial charge in [0.2, 0.25) is 0 Å². The summed E-state index contributed by atoms with van der Waals surface area (Å²) < 4.78 is 0. The summed E-state index contributed by atoms with van der Waals surface area (Å²) in [7, 11) is 0. The first-order chi connectivity index (χ1) is 9.68. The van der Waals surface area contributed by atoms with Gasteiger partial charge in [-0.2, -0.15) is 0 Å². The maximum atomic E-state index is 12.6. The Kier molecular flexibility index (Phi) is 3.74. The molecule has 20 heavy (non-hydrogen) atoms. The number of likely N-dealkylation sites (tertiary alicyclic amines) is 1. The quantitative estimate of drug-likeness (QED) is 0.909. The maximum Gasteiger partial charge on any atom is 0.326 e. The van der Waals surface area contributed by atoms with Crippen molar-refractivity contribution in [3.05, 3.63) is 16.6 Å². The fourth-order valence-electron chi connectivity index (χ4n) is 3.62. The number of amides is 1. The van der Waals surface area contributed by atoms with Gasteiger partial charge in [0, 0.05) is 11.4 Å². The van der Waals surface area contributed by atoms with Crippen LogP contribution in [0, 0.1) is 5.92 Å². The number of carboxylic acids is 1. The minimum atomic E-state index is -0.891. The molecule has 0 bridgehead atoms. The van der Waals surface area contributed by atoms with Gasteiger partial charge in [0.05, 0.1) is 5.51 Å². The number of fused-ring (bicyclic) bond motifs is 1. The van der Waals surface area contributed by atoms with Gasteiger partial charge in [-0.1, -0.05) is 12.8 Å². The fourth-order valence-corrected chi connectivity index (χ4v) is 4.14. The van der Waals surface area contributed by atoms with Crippen molar-refractivity contribution < 1.29 is 14.7 Å². The Morgan fingerprint density at radius 3 is 2.75 bits per heavy atom. The maximum absolute atomic E-state index is 12.6. The van der Waals surface area contributed by atoms with Gasteiger partial charge in [-0.05, 0) is 31.6 Å². The van der Waals surface area contributed by atoms with Crippen LogP contribution in [0.4, 0.5) is 0 Å². The zero-order valence-corrected chi connectivity index (χ0v) is 12.0. The van der Waals surface area contributed by atoms with E-state index in [2.05, 4.69) is 4.98 Å². The monoisotopic (exact) mass is 294 g/mol. The first-order valence-corrected chi connectivity index (χ1v) is 8.06. The molecular weight excluding hydrogens is 276 g/mol. The largest absolute Gasteiger partial charge is 0.480 e. The molecule has 3 atom stereocenters. The van der Waals surface area contributed by atoms with Gasteiger partial charge in [-0.15, -0.1) is 11.3 Å². The second-order valence-electron chi connectivity index (χ2n) is 5.63. The molecule has 2 fully saturated rings. The van der Waals surface area contributed by atoms with Crippen LogP contribution in [0.5, 0.6) is 0 Å². The lowest BCUT2D eigenvalue weighted by Gasteiger charge is -2.46. The van der Waals surface area contributed by atoms with Gasteiger partial charge >= 0.3 is 5.97 Å². The lowest BCUT2D eigenvalue weighted by atomic mass is 9.76. The lowest BCUT2D eigenvalue weighted by molar-refractivity contribution is -0.146. The molecule has 2 heterocycles. The molecule has 0 spiro atoms. The predicted molar refractivity (Wildman–Crippen MR) is 74.7 cm³/mol. The second kappa shape index (κ2) is 5.52. The Hall–Kier alpha value is -1.43. The number of hydrogen-bond acceptors (Lipinski definition) is 4. The molecule has 0 radical (unpaired) electrons. The van der Waals surface area contributed by atoms with Gasteiger partial charge in [-0.3, -0.25) is 4.79 Å². The van der Waals surface area contributed by atoms with Crippen LogP contribution in [0.1, 0.15) is 49.0 Å². The van der Waals surface area contributed by atoms with Crippen LogP contribution < -0.4 is 0 Å². The van der Waals surface area contributed by atoms with Crippen molar-refractivity contribution >= 4 is 23.2 Å². The predicted octanol–water partition coefficient (Wildman–Crippen LogP) is 2.39. The highest BCUT2D eigenvalue weighted by molar-refractivity contribution is 7.07. The molecular formula is C14H18N2O3S. The van der Waals surface area contributed by atoms with Gasteiger partial charge in [0.15, 0.2) is 0 Å². The summed E-state index contributed by atoms with van der Waals surface area (Å²) in [5.41, 5.74) is 2.00. The van der Waals surface area contributed by atoms with E-state index in [-0.39, 0.29) is 11.9 Å². The molecule has 5 nitrogen and oxygen atoms in total. The van der Waals surface area contributed by atoms with E-state index in [1.54, 1.807) is 15.8 Å². The van der Waals surface area contributed by atoms with Gasteiger partial charge in [0.25, 0.3) is 5.91 Å². The molecule has 3 rings (SSSR count). The van der Waals surface area contributed by atoms with E-state index < -0.39 is 12.0 Å². The summed E-state index contributed by atoms with van der Waals surface area (Å²) in [4.78, 5) is 29.8. The van der Waals surface area contributed by atoms with Crippen molar-refractivity contribution in [3.8, 4) is 0 Å². The first kappa shape index (κ1) is 13.5. The molecule has 1 aliphatic carbocycles. The number of rotatable bonds is 2. The van der Waals surface area contributed by atoms with Crippen LogP contribution in [-0.4, -0.2) is 39.0 Å². The van der Waals surface area contributed by atoms with Crippen molar-refractivity contribution in [2.45, 2.75) is 50.6 Å². The molecule has 2 aliphatic rings. The summed E-state index contributed by atoms with van der Waals surface area (Å²) >= 11 is 1.36. The number of aromatic nitrogens is 1. The van der Waals surface area contributed by atoms with Crippen molar-refractivity contribution in [2.75, 3.05) is 0 Å². The van der Waals surface area contributed by atoms with E-state index in [0.717, 1.165) is 25.7 Å². The molecule has 6 heteroatoms. The molecule has 1 aromatic heterocycles. The molecule has 1 saturated carbocycles. The molecule has 3 unspecified atom stereocenters. The molecule has 1 N–H and O–H groups in total. The molecule has 0 aromatic carbocycles. The van der Waals surface area contributed by atoms with Gasteiger partial charge in [0.1, 0.15) is 11.7 Å². The highest BCUT2D eigenvalue weighted by Gasteiger charge is 2.44. The van der Waals surface area contributed by atoms with E-state index in [1.165, 1.54) is 17.8 Å². The Labute approximate surface area is 121 Å². The topological polar surface area (TPSA) is 70.5 Å². The van der Waals surface area contributed by atoms with Gasteiger partial charge in [-0.25, -0.2) is 9.78 Å². The number of carboxylic acid groups (broad SMARTS) is 1. The van der Waals surface area contributed by atoms with Crippen LogP contribution >= 0.6 is 11.3 Å². The smallest absolute Gasteiger partial charge is 0.326 e. The molecule has 1 saturated heterocycles. The van der Waals surface area contributed by atoms with E-state index in [1.807, 2.05) is 0 Å². The average molecular weight is 294 g/mol. The van der Waals surface area contributed by atoms with Crippen LogP contribution in [0.25, 0.3) is 0 Å². The summed E-state index contributed by atoms with van der Waals surface area (Å²) in [6.45, 7) is 0. The Bertz CT molecular complexity index is 503. The van der Waals surface area contributed by atoms with E-state index in [9.17, 15) is 14.7 Å². The minimum absolute atomic E-state index is 0.0767. The zero-order chi connectivity index (χ0) is 14.1. The van der Waals surface area contributed by atoms with Crippen molar-refractivity contribution in [1.29, 1.82) is 0 Å². The Morgan fingerprint density at radius 2 is 2.05 bits per heavy atom. The number of carbonyl (C=O) groups excluding carboxylic acids is 1. The van der Waals surface area contributed by atoms with Crippen molar-refractivity contribution in [3.63, 3.8) is 0 Å². The lowest BCUT2D eigenvalue weighted by Crippen LogP contribution is -2.57. The Morgan fingerprint density at radius 1 is 1.25 bits per heavy atom. The fraction of sp³-hybridized carbons (Fsp3) is 0.643. The first-order valence-electron chi connectivity index (χ1n) is 7.12. The zero-order valence-electron chi connectivity index (χ0n) is 11.2. The number of nitrogens with zero attached hydrogens (tertiary/aromatic N) is 2. The average Bonchev–Trinajstić information content (AvgIpc) is 2.99. The van der Waals surface area contributed by atoms with E-state index >= 15 is 0 Å². The third-order valence-corrected chi connectivity index (χ3v) is 5.13. The minimum Gasteiger partial charge on any atom is -0.480 e. The Balaban J connectivity index is 1.91. The molecule has 1 aliphatic heterocycles. The third-order valence-electron chi connectivity index (χ3n) is 4.54. The number of piperidine rings is 1.